The molecule has 1 saturated heterocycles. The molecule has 0 radical (unpaired) electrons. The van der Waals surface area contributed by atoms with Crippen LogP contribution in [-0.4, -0.2) is 117 Å². The fourth-order valence-corrected chi connectivity index (χ4v) is 4.38. The van der Waals surface area contributed by atoms with Crippen molar-refractivity contribution in [3.05, 3.63) is 0 Å². The van der Waals surface area contributed by atoms with Gasteiger partial charge in [-0.25, -0.2) is 4.79 Å². The van der Waals surface area contributed by atoms with Gasteiger partial charge in [0.05, 0.1) is 0 Å². The minimum Gasteiger partial charge on any atom is -0.433 e. The van der Waals surface area contributed by atoms with Gasteiger partial charge in [-0.1, -0.05) is 0 Å². The molecule has 158 valence electrons. The SMILES string of the molecule is BC1C(B)N(C(C)(C)C)C(B)(B)C(B)(B)N1C(=O)OC(B)(C(F)(F)F)C(F)(F)F. The average Bonchev–Trinajstić information content (AvgIpc) is 2.40. The van der Waals surface area contributed by atoms with Gasteiger partial charge in [0.1, 0.15) is 47.1 Å². The van der Waals surface area contributed by atoms with Crippen LogP contribution in [0.15, 0.2) is 0 Å². The Labute approximate surface area is 174 Å². The lowest BCUT2D eigenvalue weighted by atomic mass is 9.34. The molecule has 0 spiro atoms. The minimum absolute atomic E-state index is 0.164. The Kier molecular flexibility index (Phi) is 6.49. The number of halogens is 6. The summed E-state index contributed by atoms with van der Waals surface area (Å²) < 4.78 is 83.6. The number of carbonyl (C=O) groups is 1. The zero-order valence-electron chi connectivity index (χ0n) is 18.6. The van der Waals surface area contributed by atoms with Gasteiger partial charge in [0, 0.05) is 11.5 Å². The summed E-state index contributed by atoms with van der Waals surface area (Å²) in [5.74, 6) is -1.05. The van der Waals surface area contributed by atoms with Crippen LogP contribution < -0.4 is 0 Å². The van der Waals surface area contributed by atoms with E-state index < -0.39 is 40.6 Å². The maximum absolute atomic E-state index is 13.2. The van der Waals surface area contributed by atoms with Gasteiger partial charge in [0.25, 0.3) is 5.50 Å². The predicted molar refractivity (Wildman–Crippen MR) is 118 cm³/mol. The molecule has 0 aromatic carbocycles. The summed E-state index contributed by atoms with van der Waals surface area (Å²) in [5.41, 5.74) is -4.97. The van der Waals surface area contributed by atoms with Crippen LogP contribution in [0.3, 0.4) is 0 Å². The summed E-state index contributed by atoms with van der Waals surface area (Å²) >= 11 is 0. The van der Waals surface area contributed by atoms with Crippen molar-refractivity contribution in [2.45, 2.75) is 66.7 Å². The zero-order chi connectivity index (χ0) is 23.6. The highest BCUT2D eigenvalue weighted by molar-refractivity contribution is 6.55. The van der Waals surface area contributed by atoms with E-state index in [1.165, 1.54) is 0 Å². The number of hydrogen-bond acceptors (Lipinski definition) is 3. The van der Waals surface area contributed by atoms with Gasteiger partial charge in [-0.15, -0.1) is 0 Å². The second kappa shape index (κ2) is 7.16. The van der Waals surface area contributed by atoms with Gasteiger partial charge < -0.3 is 14.5 Å². The molecule has 4 nitrogen and oxygen atoms in total. The van der Waals surface area contributed by atoms with E-state index in [1.54, 1.807) is 31.4 Å². The molecule has 1 fully saturated rings. The van der Waals surface area contributed by atoms with Gasteiger partial charge in [0.2, 0.25) is 0 Å². The maximum Gasteiger partial charge on any atom is 0.428 e. The van der Waals surface area contributed by atoms with Gasteiger partial charge in [-0.2, -0.15) is 26.3 Å². The van der Waals surface area contributed by atoms with Crippen molar-refractivity contribution >= 4 is 61.0 Å². The molecule has 1 amide bonds. The van der Waals surface area contributed by atoms with Crippen LogP contribution in [0.2, 0.25) is 0 Å². The Morgan fingerprint density at radius 2 is 1.24 bits per heavy atom. The second-order valence-electron chi connectivity index (χ2n) is 9.91. The van der Waals surface area contributed by atoms with E-state index in [0.717, 1.165) is 4.90 Å². The lowest BCUT2D eigenvalue weighted by Gasteiger charge is -2.68. The van der Waals surface area contributed by atoms with E-state index in [0.29, 0.717) is 0 Å². The molecule has 0 bridgehead atoms. The quantitative estimate of drug-likeness (QED) is 0.319. The van der Waals surface area contributed by atoms with Crippen LogP contribution in [0.5, 0.6) is 0 Å². The molecule has 17 heteroatoms. The van der Waals surface area contributed by atoms with Crippen molar-refractivity contribution in [2.24, 2.45) is 0 Å². The molecule has 0 saturated carbocycles. The van der Waals surface area contributed by atoms with E-state index in [4.69, 9.17) is 0 Å². The van der Waals surface area contributed by atoms with Crippen molar-refractivity contribution in [1.29, 1.82) is 0 Å². The van der Waals surface area contributed by atoms with E-state index in [1.807, 2.05) is 36.5 Å². The molecule has 1 rings (SSSR count). The molecule has 0 N–H and O–H groups in total. The third-order valence-electron chi connectivity index (χ3n) is 6.51. The van der Waals surface area contributed by atoms with Crippen molar-refractivity contribution in [1.82, 2.24) is 9.80 Å². The summed E-state index contributed by atoms with van der Waals surface area (Å²) in [6, 6.07) is 0. The number of carbonyl (C=O) groups excluding carboxylic acids is 1. The van der Waals surface area contributed by atoms with Crippen molar-refractivity contribution < 1.29 is 35.9 Å². The molecule has 1 heterocycles. The monoisotopic (exact) mass is 420 g/mol. The normalized spacial score (nSPS) is 26.2. The predicted octanol–water partition coefficient (Wildman–Crippen LogP) is -4.25. The van der Waals surface area contributed by atoms with Crippen LogP contribution >= 0.6 is 0 Å². The van der Waals surface area contributed by atoms with Crippen molar-refractivity contribution in [3.63, 3.8) is 0 Å². The standard InChI is InChI=1S/C12H25B7F6N2O2/c1-7(2,3)27-5(14)4(13)26(9(16,17)10(27,18)19)6(28)29-8(15,11(20,21)22)12(23,24)25/h4-5H,13-19H2,1-3H3. The Morgan fingerprint density at radius 3 is 1.55 bits per heavy atom. The maximum atomic E-state index is 13.2. The molecule has 1 aliphatic rings. The molecule has 0 aliphatic carbocycles. The van der Waals surface area contributed by atoms with E-state index >= 15 is 0 Å². The third-order valence-corrected chi connectivity index (χ3v) is 6.51. The highest BCUT2D eigenvalue weighted by Gasteiger charge is 2.71. The summed E-state index contributed by atoms with van der Waals surface area (Å²) in [7, 11) is 10.1. The number of alkyl halides is 6. The first-order chi connectivity index (χ1) is 12.4. The molecule has 0 aromatic rings. The van der Waals surface area contributed by atoms with E-state index in [2.05, 4.69) is 9.64 Å². The van der Waals surface area contributed by atoms with E-state index in [-0.39, 0.29) is 19.3 Å². The Hall–Kier alpha value is -0.735. The van der Waals surface area contributed by atoms with Crippen LogP contribution in [0.1, 0.15) is 20.8 Å². The zero-order valence-corrected chi connectivity index (χ0v) is 18.6. The average molecular weight is 419 g/mol. The Bertz CT molecular complexity index is 638. The Balaban J connectivity index is 3.49. The summed E-state index contributed by atoms with van der Waals surface area (Å²) in [5, 5.41) is -1.93. The third kappa shape index (κ3) is 4.09. The molecule has 0 aromatic heterocycles. The molecule has 29 heavy (non-hydrogen) atoms. The largest absolute Gasteiger partial charge is 0.433 e. The first-order valence-electron chi connectivity index (χ1n) is 9.40. The highest BCUT2D eigenvalue weighted by atomic mass is 19.4. The van der Waals surface area contributed by atoms with Crippen molar-refractivity contribution in [2.75, 3.05) is 0 Å². The topological polar surface area (TPSA) is 32.8 Å². The molecule has 2 atom stereocenters. The molecule has 2 unspecified atom stereocenters. The number of rotatable bonds is 1. The fourth-order valence-electron chi connectivity index (χ4n) is 4.38. The van der Waals surface area contributed by atoms with Gasteiger partial charge in [-0.05, 0) is 37.4 Å². The number of ether oxygens (including phenoxy) is 1. The summed E-state index contributed by atoms with van der Waals surface area (Å²) in [6.45, 7) is 5.89. The smallest absolute Gasteiger partial charge is 0.428 e. The van der Waals surface area contributed by atoms with Crippen LogP contribution in [0.4, 0.5) is 31.1 Å². The fraction of sp³-hybridized carbons (Fsp3) is 0.917. The molecule has 1 aliphatic heterocycles. The van der Waals surface area contributed by atoms with Crippen molar-refractivity contribution in [3.8, 4) is 0 Å². The Morgan fingerprint density at radius 1 is 0.862 bits per heavy atom. The lowest BCUT2D eigenvalue weighted by Crippen LogP contribution is -2.86. The molecular formula is C12H25B7F6N2O2. The lowest BCUT2D eigenvalue weighted by molar-refractivity contribution is -0.331. The van der Waals surface area contributed by atoms with Gasteiger partial charge in [-0.3, -0.25) is 0 Å². The van der Waals surface area contributed by atoms with Gasteiger partial charge >= 0.3 is 18.4 Å². The number of nitrogens with zero attached hydrogens (tertiary/aromatic N) is 2. The first kappa shape index (κ1) is 26.3. The van der Waals surface area contributed by atoms with Gasteiger partial charge in [0.15, 0.2) is 7.85 Å². The van der Waals surface area contributed by atoms with E-state index in [9.17, 15) is 31.1 Å². The number of piperazine rings is 1. The summed E-state index contributed by atoms with van der Waals surface area (Å²) in [6.07, 6.45) is -13.3. The minimum atomic E-state index is -5.82. The highest BCUT2D eigenvalue weighted by Crippen LogP contribution is 2.45. The van der Waals surface area contributed by atoms with Crippen LogP contribution in [0.25, 0.3) is 0 Å². The molecular weight excluding hydrogens is 394 g/mol. The van der Waals surface area contributed by atoms with Crippen LogP contribution in [-0.2, 0) is 4.74 Å². The number of hydrogen-bond donors (Lipinski definition) is 0. The number of amides is 1. The second-order valence-corrected chi connectivity index (χ2v) is 9.91. The first-order valence-corrected chi connectivity index (χ1v) is 9.40. The summed E-state index contributed by atoms with van der Waals surface area (Å²) in [4.78, 5) is 15.9. The van der Waals surface area contributed by atoms with Crippen LogP contribution in [0, 0.1) is 0 Å².